The fraction of sp³-hybridized carbons (Fsp3) is 0.955. The van der Waals surface area contributed by atoms with E-state index in [2.05, 4.69) is 0 Å². The van der Waals surface area contributed by atoms with Crippen LogP contribution in [0.1, 0.15) is 13.8 Å². The standard InChI is InChI=1S/C22H41NO16/c1-3-23(4-2)20(35)17(32)14(29)11(26)8(25)6-36-21-19(34)16(31)13(28)10(39-21)7-37-22-18(33)15(30)12(27)9(5-24)38-22/h8-19,21-22,24-34H,3-7H2,1-2H3/t8-,9-,10-,11-,12-,13-,14+,15+,16+,17-,18-,19-,21+,22+/m1/s1. The molecule has 0 unspecified atom stereocenters. The number of aliphatic hydroxyl groups is 11. The zero-order valence-electron chi connectivity index (χ0n) is 21.5. The Morgan fingerprint density at radius 2 is 1.23 bits per heavy atom. The maximum Gasteiger partial charge on any atom is 0.254 e. The summed E-state index contributed by atoms with van der Waals surface area (Å²) < 4.78 is 21.1. The molecule has 2 aliphatic rings. The van der Waals surface area contributed by atoms with Crippen molar-refractivity contribution in [1.29, 1.82) is 0 Å². The highest BCUT2D eigenvalue weighted by molar-refractivity contribution is 5.81. The molecule has 0 bridgehead atoms. The van der Waals surface area contributed by atoms with Crippen LogP contribution in [0.3, 0.4) is 0 Å². The third-order valence-electron chi connectivity index (χ3n) is 6.77. The van der Waals surface area contributed by atoms with Gasteiger partial charge < -0.3 is 80.0 Å². The van der Waals surface area contributed by atoms with E-state index in [9.17, 15) is 61.0 Å². The van der Waals surface area contributed by atoms with Gasteiger partial charge in [0.2, 0.25) is 0 Å². The molecule has 0 aromatic rings. The lowest BCUT2D eigenvalue weighted by atomic mass is 9.98. The summed E-state index contributed by atoms with van der Waals surface area (Å²) in [5.41, 5.74) is 0. The van der Waals surface area contributed by atoms with Gasteiger partial charge in [0, 0.05) is 13.1 Å². The van der Waals surface area contributed by atoms with Crippen molar-refractivity contribution in [3.05, 3.63) is 0 Å². The second-order valence-electron chi connectivity index (χ2n) is 9.38. The lowest BCUT2D eigenvalue weighted by molar-refractivity contribution is -0.333. The Kier molecular flexibility index (Phi) is 13.3. The van der Waals surface area contributed by atoms with E-state index >= 15 is 0 Å². The molecule has 11 N–H and O–H groups in total. The fourth-order valence-electron chi connectivity index (χ4n) is 4.16. The summed E-state index contributed by atoms with van der Waals surface area (Å²) in [4.78, 5) is 13.4. The zero-order chi connectivity index (χ0) is 29.6. The van der Waals surface area contributed by atoms with Gasteiger partial charge >= 0.3 is 0 Å². The summed E-state index contributed by atoms with van der Waals surface area (Å²) in [7, 11) is 0. The first-order valence-corrected chi connectivity index (χ1v) is 12.5. The third-order valence-corrected chi connectivity index (χ3v) is 6.77. The van der Waals surface area contributed by atoms with E-state index in [-0.39, 0.29) is 13.1 Å². The Labute approximate surface area is 224 Å². The molecular weight excluding hydrogens is 534 g/mol. The Bertz CT molecular complexity index is 743. The van der Waals surface area contributed by atoms with Crippen LogP contribution in [0.5, 0.6) is 0 Å². The molecule has 2 aliphatic heterocycles. The van der Waals surface area contributed by atoms with E-state index in [1.54, 1.807) is 13.8 Å². The van der Waals surface area contributed by atoms with E-state index in [0.717, 1.165) is 0 Å². The van der Waals surface area contributed by atoms with Crippen LogP contribution in [0, 0.1) is 0 Å². The first-order valence-electron chi connectivity index (χ1n) is 12.5. The average Bonchev–Trinajstić information content (AvgIpc) is 2.93. The van der Waals surface area contributed by atoms with Crippen LogP contribution in [-0.4, -0.2) is 186 Å². The highest BCUT2D eigenvalue weighted by atomic mass is 16.7. The van der Waals surface area contributed by atoms with Crippen LogP contribution in [0.25, 0.3) is 0 Å². The third kappa shape index (κ3) is 8.00. The van der Waals surface area contributed by atoms with Crippen molar-refractivity contribution in [2.45, 2.75) is 99.7 Å². The fourth-order valence-corrected chi connectivity index (χ4v) is 4.16. The summed E-state index contributed by atoms with van der Waals surface area (Å²) in [6, 6.07) is 0. The van der Waals surface area contributed by atoms with Crippen LogP contribution in [-0.2, 0) is 23.7 Å². The van der Waals surface area contributed by atoms with E-state index in [4.69, 9.17) is 18.9 Å². The van der Waals surface area contributed by atoms with Crippen molar-refractivity contribution in [3.63, 3.8) is 0 Å². The molecule has 39 heavy (non-hydrogen) atoms. The van der Waals surface area contributed by atoms with Crippen molar-refractivity contribution >= 4 is 5.91 Å². The molecule has 1 amide bonds. The highest BCUT2D eigenvalue weighted by Gasteiger charge is 2.48. The Morgan fingerprint density at radius 1 is 0.744 bits per heavy atom. The molecule has 230 valence electrons. The molecule has 2 fully saturated rings. The van der Waals surface area contributed by atoms with Gasteiger partial charge in [-0.3, -0.25) is 4.79 Å². The summed E-state index contributed by atoms with van der Waals surface area (Å²) in [6.07, 6.45) is -24.7. The monoisotopic (exact) mass is 575 g/mol. The maximum atomic E-state index is 12.2. The summed E-state index contributed by atoms with van der Waals surface area (Å²) >= 11 is 0. The minimum absolute atomic E-state index is 0.229. The van der Waals surface area contributed by atoms with Crippen LogP contribution in [0.4, 0.5) is 0 Å². The van der Waals surface area contributed by atoms with Gasteiger partial charge in [0.1, 0.15) is 67.1 Å². The van der Waals surface area contributed by atoms with Gasteiger partial charge in [-0.15, -0.1) is 0 Å². The Hall–Kier alpha value is -1.13. The van der Waals surface area contributed by atoms with Crippen LogP contribution < -0.4 is 0 Å². The topological polar surface area (TPSA) is 280 Å². The van der Waals surface area contributed by atoms with E-state index < -0.39 is 112 Å². The summed E-state index contributed by atoms with van der Waals surface area (Å²) in [6.45, 7) is 1.59. The summed E-state index contributed by atoms with van der Waals surface area (Å²) in [5, 5.41) is 110. The molecule has 0 radical (unpaired) electrons. The normalized spacial score (nSPS) is 38.6. The molecule has 0 aromatic carbocycles. The SMILES string of the molecule is CCN(CC)C(=O)[C@H](O)[C@@H](O)[C@H](O)[C@H](O)CO[C@H]1O[C@H](CO[C@H]2O[C@H](CO)[C@@H](O)[C@H](O)[C@H]2O)[C@@H](O)[C@H](O)[C@H]1O. The minimum atomic E-state index is -2.10. The van der Waals surface area contributed by atoms with Crippen LogP contribution >= 0.6 is 0 Å². The lowest BCUT2D eigenvalue weighted by Gasteiger charge is -2.42. The van der Waals surface area contributed by atoms with Crippen LogP contribution in [0.15, 0.2) is 0 Å². The van der Waals surface area contributed by atoms with E-state index in [0.29, 0.717) is 0 Å². The molecule has 0 aliphatic carbocycles. The van der Waals surface area contributed by atoms with Gasteiger partial charge in [0.05, 0.1) is 19.8 Å². The quantitative estimate of drug-likeness (QED) is 0.0973. The molecule has 14 atom stereocenters. The van der Waals surface area contributed by atoms with Crippen molar-refractivity contribution in [1.82, 2.24) is 4.90 Å². The number of carbonyl (C=O) groups excluding carboxylic acids is 1. The number of hydrogen-bond donors (Lipinski definition) is 11. The number of carbonyl (C=O) groups is 1. The van der Waals surface area contributed by atoms with Gasteiger partial charge in [-0.2, -0.15) is 0 Å². The van der Waals surface area contributed by atoms with Crippen molar-refractivity contribution in [3.8, 4) is 0 Å². The number of hydrogen-bond acceptors (Lipinski definition) is 16. The average molecular weight is 576 g/mol. The van der Waals surface area contributed by atoms with Gasteiger partial charge in [0.15, 0.2) is 18.7 Å². The molecule has 0 spiro atoms. The maximum absolute atomic E-state index is 12.2. The second kappa shape index (κ2) is 15.2. The molecule has 17 heteroatoms. The van der Waals surface area contributed by atoms with Crippen LogP contribution in [0.2, 0.25) is 0 Å². The number of ether oxygens (including phenoxy) is 4. The molecule has 17 nitrogen and oxygen atoms in total. The second-order valence-corrected chi connectivity index (χ2v) is 9.38. The van der Waals surface area contributed by atoms with Gasteiger partial charge in [-0.1, -0.05) is 0 Å². The predicted octanol–water partition coefficient (Wildman–Crippen LogP) is -7.06. The zero-order valence-corrected chi connectivity index (χ0v) is 21.5. The molecule has 0 saturated carbocycles. The van der Waals surface area contributed by atoms with Crippen molar-refractivity contribution in [2.75, 3.05) is 32.9 Å². The van der Waals surface area contributed by atoms with Crippen molar-refractivity contribution < 1.29 is 79.9 Å². The summed E-state index contributed by atoms with van der Waals surface area (Å²) in [5.74, 6) is -0.870. The number of nitrogens with zero attached hydrogens (tertiary/aromatic N) is 1. The largest absolute Gasteiger partial charge is 0.394 e. The highest BCUT2D eigenvalue weighted by Crippen LogP contribution is 2.26. The lowest BCUT2D eigenvalue weighted by Crippen LogP contribution is -2.62. The van der Waals surface area contributed by atoms with E-state index in [1.807, 2.05) is 0 Å². The predicted molar refractivity (Wildman–Crippen MR) is 124 cm³/mol. The Balaban J connectivity index is 1.96. The number of rotatable bonds is 13. The minimum Gasteiger partial charge on any atom is -0.394 e. The van der Waals surface area contributed by atoms with Gasteiger partial charge in [-0.05, 0) is 13.8 Å². The number of likely N-dealkylation sites (N-methyl/N-ethyl adjacent to an activating group) is 1. The number of aliphatic hydroxyl groups excluding tert-OH is 11. The first kappa shape index (κ1) is 34.1. The molecule has 2 saturated heterocycles. The molecule has 2 rings (SSSR count). The van der Waals surface area contributed by atoms with Gasteiger partial charge in [-0.25, -0.2) is 0 Å². The molecular formula is C22H41NO16. The smallest absolute Gasteiger partial charge is 0.254 e. The molecule has 0 aromatic heterocycles. The number of amides is 1. The van der Waals surface area contributed by atoms with Crippen molar-refractivity contribution in [2.24, 2.45) is 0 Å². The van der Waals surface area contributed by atoms with Gasteiger partial charge in [0.25, 0.3) is 5.91 Å². The Morgan fingerprint density at radius 3 is 1.74 bits per heavy atom. The first-order chi connectivity index (χ1) is 18.3. The molecule has 2 heterocycles. The van der Waals surface area contributed by atoms with E-state index in [1.165, 1.54) is 4.90 Å².